The van der Waals surface area contributed by atoms with E-state index in [0.717, 1.165) is 27.9 Å². The summed E-state index contributed by atoms with van der Waals surface area (Å²) < 4.78 is 5.22. The molecule has 0 aliphatic rings. The van der Waals surface area contributed by atoms with Crippen molar-refractivity contribution in [2.75, 3.05) is 5.32 Å². The number of aromatic amines is 1. The number of hydrogen-bond acceptors (Lipinski definition) is 4. The number of rotatable bonds is 4. The molecule has 0 radical (unpaired) electrons. The van der Waals surface area contributed by atoms with Crippen molar-refractivity contribution in [2.45, 2.75) is 40.2 Å². The first-order chi connectivity index (χ1) is 12.3. The van der Waals surface area contributed by atoms with Gasteiger partial charge < -0.3 is 15.1 Å². The predicted molar refractivity (Wildman–Crippen MR) is 101 cm³/mol. The van der Waals surface area contributed by atoms with E-state index in [4.69, 9.17) is 4.42 Å². The van der Waals surface area contributed by atoms with Gasteiger partial charge in [0.15, 0.2) is 0 Å². The van der Waals surface area contributed by atoms with Crippen LogP contribution in [0.5, 0.6) is 0 Å². The molecule has 3 aromatic rings. The van der Waals surface area contributed by atoms with E-state index in [0.29, 0.717) is 17.7 Å². The number of hydrogen-bond donors (Lipinski definition) is 3. The summed E-state index contributed by atoms with van der Waals surface area (Å²) in [6.45, 7) is 7.56. The van der Waals surface area contributed by atoms with Crippen molar-refractivity contribution in [3.05, 3.63) is 57.2 Å². The molecular weight excluding hydrogens is 332 g/mol. The van der Waals surface area contributed by atoms with Crippen molar-refractivity contribution in [3.63, 3.8) is 0 Å². The maximum Gasteiger partial charge on any atom is 0.336 e. The van der Waals surface area contributed by atoms with Gasteiger partial charge in [-0.15, -0.1) is 0 Å². The number of amides is 2. The number of benzene rings is 1. The van der Waals surface area contributed by atoms with Gasteiger partial charge in [0.05, 0.1) is 5.69 Å². The largest absolute Gasteiger partial charge is 0.423 e. The van der Waals surface area contributed by atoms with E-state index in [1.165, 1.54) is 6.07 Å². The van der Waals surface area contributed by atoms with Crippen LogP contribution in [-0.4, -0.2) is 22.3 Å². The first kappa shape index (κ1) is 17.7. The minimum atomic E-state index is -0.379. The first-order valence-electron chi connectivity index (χ1n) is 8.45. The SMILES string of the molecule is Cc1cc(C[C@@H](C)NC(=O)Nc2cc3c(C)cc(=O)oc3cc2C)n[nH]1. The molecule has 2 aromatic heterocycles. The molecule has 7 nitrogen and oxygen atoms in total. The van der Waals surface area contributed by atoms with Crippen LogP contribution in [0.25, 0.3) is 11.0 Å². The second-order valence-electron chi connectivity index (χ2n) is 6.66. The lowest BCUT2D eigenvalue weighted by molar-refractivity contribution is 0.249. The number of carbonyl (C=O) groups is 1. The highest BCUT2D eigenvalue weighted by Crippen LogP contribution is 2.25. The highest BCUT2D eigenvalue weighted by Gasteiger charge is 2.12. The quantitative estimate of drug-likeness (QED) is 0.626. The third kappa shape index (κ3) is 3.93. The fourth-order valence-corrected chi connectivity index (χ4v) is 2.93. The van der Waals surface area contributed by atoms with Crippen LogP contribution >= 0.6 is 0 Å². The van der Waals surface area contributed by atoms with Crippen LogP contribution in [-0.2, 0) is 6.42 Å². The summed E-state index contributed by atoms with van der Waals surface area (Å²) in [6, 6.07) is 6.62. The molecule has 2 amide bonds. The maximum atomic E-state index is 12.3. The molecule has 1 aromatic carbocycles. The molecule has 0 saturated carbocycles. The van der Waals surface area contributed by atoms with Crippen LogP contribution in [0.2, 0.25) is 0 Å². The Labute approximate surface area is 150 Å². The Morgan fingerprint density at radius 2 is 1.96 bits per heavy atom. The predicted octanol–water partition coefficient (Wildman–Crippen LogP) is 3.19. The van der Waals surface area contributed by atoms with Gasteiger partial charge in [-0.3, -0.25) is 5.10 Å². The molecule has 0 spiro atoms. The van der Waals surface area contributed by atoms with Gasteiger partial charge in [0.2, 0.25) is 0 Å². The standard InChI is InChI=1S/C19H22N4O3/c1-10-6-18(24)26-17-5-11(2)16(9-15(10)17)21-19(25)20-12(3)7-14-8-13(4)22-23-14/h5-6,8-9,12H,7H2,1-4H3,(H,22,23)(H2,20,21,25)/t12-/m1/s1. The van der Waals surface area contributed by atoms with E-state index >= 15 is 0 Å². The van der Waals surface area contributed by atoms with Crippen molar-refractivity contribution in [1.82, 2.24) is 15.5 Å². The Bertz CT molecular complexity index is 1020. The zero-order chi connectivity index (χ0) is 18.8. The van der Waals surface area contributed by atoms with Crippen LogP contribution < -0.4 is 16.3 Å². The van der Waals surface area contributed by atoms with E-state index in [2.05, 4.69) is 20.8 Å². The molecule has 0 aliphatic carbocycles. The maximum absolute atomic E-state index is 12.3. The minimum absolute atomic E-state index is 0.0711. The molecule has 0 fully saturated rings. The average molecular weight is 354 g/mol. The lowest BCUT2D eigenvalue weighted by atomic mass is 10.1. The van der Waals surface area contributed by atoms with Crippen molar-refractivity contribution in [3.8, 4) is 0 Å². The number of anilines is 1. The number of urea groups is 1. The molecule has 1 atom stereocenters. The Balaban J connectivity index is 1.72. The molecule has 0 bridgehead atoms. The fourth-order valence-electron chi connectivity index (χ4n) is 2.93. The summed E-state index contributed by atoms with van der Waals surface area (Å²) >= 11 is 0. The molecule has 3 N–H and O–H groups in total. The zero-order valence-corrected chi connectivity index (χ0v) is 15.3. The molecule has 0 aliphatic heterocycles. The zero-order valence-electron chi connectivity index (χ0n) is 15.3. The molecule has 0 saturated heterocycles. The summed E-state index contributed by atoms with van der Waals surface area (Å²) in [5.74, 6) is 0. The first-order valence-corrected chi connectivity index (χ1v) is 8.45. The number of H-pyrrole nitrogens is 1. The van der Waals surface area contributed by atoms with Crippen LogP contribution in [0.15, 0.2) is 33.5 Å². The Morgan fingerprint density at radius 3 is 2.65 bits per heavy atom. The normalized spacial score (nSPS) is 12.2. The molecule has 2 heterocycles. The smallest absolute Gasteiger partial charge is 0.336 e. The van der Waals surface area contributed by atoms with E-state index in [1.807, 2.05) is 39.8 Å². The van der Waals surface area contributed by atoms with Gasteiger partial charge in [-0.1, -0.05) is 0 Å². The van der Waals surface area contributed by atoms with Gasteiger partial charge in [0, 0.05) is 35.3 Å². The van der Waals surface area contributed by atoms with Crippen LogP contribution in [0.4, 0.5) is 10.5 Å². The number of aryl methyl sites for hydroxylation is 3. The highest BCUT2D eigenvalue weighted by atomic mass is 16.4. The van der Waals surface area contributed by atoms with Crippen molar-refractivity contribution < 1.29 is 9.21 Å². The van der Waals surface area contributed by atoms with Gasteiger partial charge in [0.1, 0.15) is 5.58 Å². The van der Waals surface area contributed by atoms with Gasteiger partial charge in [-0.25, -0.2) is 9.59 Å². The van der Waals surface area contributed by atoms with E-state index in [-0.39, 0.29) is 17.7 Å². The van der Waals surface area contributed by atoms with Gasteiger partial charge >= 0.3 is 11.7 Å². The molecule has 26 heavy (non-hydrogen) atoms. The van der Waals surface area contributed by atoms with Gasteiger partial charge in [-0.2, -0.15) is 5.10 Å². The van der Waals surface area contributed by atoms with Crippen molar-refractivity contribution in [2.24, 2.45) is 0 Å². The van der Waals surface area contributed by atoms with E-state index in [9.17, 15) is 9.59 Å². The van der Waals surface area contributed by atoms with E-state index in [1.54, 1.807) is 6.07 Å². The Kier molecular flexibility index (Phi) is 4.79. The summed E-state index contributed by atoms with van der Waals surface area (Å²) in [7, 11) is 0. The molecule has 136 valence electrons. The second-order valence-corrected chi connectivity index (χ2v) is 6.66. The molecule has 0 unspecified atom stereocenters. The molecule has 3 rings (SSSR count). The van der Waals surface area contributed by atoms with Gasteiger partial charge in [-0.05, 0) is 57.0 Å². The number of fused-ring (bicyclic) bond motifs is 1. The fraction of sp³-hybridized carbons (Fsp3) is 0.316. The molecular formula is C19H22N4O3. The number of carbonyl (C=O) groups excluding carboxylic acids is 1. The number of nitrogens with zero attached hydrogens (tertiary/aromatic N) is 1. The van der Waals surface area contributed by atoms with Crippen molar-refractivity contribution in [1.29, 1.82) is 0 Å². The average Bonchev–Trinajstić information content (AvgIpc) is 2.93. The second kappa shape index (κ2) is 7.03. The lowest BCUT2D eigenvalue weighted by Gasteiger charge is -2.15. The van der Waals surface area contributed by atoms with Gasteiger partial charge in [0.25, 0.3) is 0 Å². The topological polar surface area (TPSA) is 100 Å². The third-order valence-corrected chi connectivity index (χ3v) is 4.20. The Morgan fingerprint density at radius 1 is 1.19 bits per heavy atom. The summed E-state index contributed by atoms with van der Waals surface area (Å²) in [4.78, 5) is 23.8. The highest BCUT2D eigenvalue weighted by molar-refractivity contribution is 5.94. The monoisotopic (exact) mass is 354 g/mol. The van der Waals surface area contributed by atoms with E-state index < -0.39 is 0 Å². The van der Waals surface area contributed by atoms with Crippen molar-refractivity contribution >= 4 is 22.7 Å². The number of nitrogens with one attached hydrogen (secondary N) is 3. The Hall–Kier alpha value is -3.09. The summed E-state index contributed by atoms with van der Waals surface area (Å²) in [5, 5.41) is 13.6. The summed E-state index contributed by atoms with van der Waals surface area (Å²) in [5.41, 5.74) is 4.33. The van der Waals surface area contributed by atoms with Crippen LogP contribution in [0.3, 0.4) is 0 Å². The third-order valence-electron chi connectivity index (χ3n) is 4.20. The van der Waals surface area contributed by atoms with Crippen LogP contribution in [0.1, 0.15) is 29.4 Å². The summed E-state index contributed by atoms with van der Waals surface area (Å²) in [6.07, 6.45) is 0.638. The lowest BCUT2D eigenvalue weighted by Crippen LogP contribution is -2.37. The molecule has 7 heteroatoms. The van der Waals surface area contributed by atoms with Crippen LogP contribution in [0, 0.1) is 20.8 Å². The number of aromatic nitrogens is 2. The minimum Gasteiger partial charge on any atom is -0.423 e.